The smallest absolute Gasteiger partial charge is 0.242 e. The van der Waals surface area contributed by atoms with E-state index < -0.39 is 0 Å². The number of aromatic hydroxyl groups is 1. The van der Waals surface area contributed by atoms with E-state index in [-0.39, 0.29) is 17.7 Å². The lowest BCUT2D eigenvalue weighted by Crippen LogP contribution is -2.44. The molecule has 1 unspecified atom stereocenters. The van der Waals surface area contributed by atoms with Crippen LogP contribution < -0.4 is 10.6 Å². The Morgan fingerprint density at radius 2 is 2.26 bits per heavy atom. The molecule has 0 radical (unpaired) electrons. The summed E-state index contributed by atoms with van der Waals surface area (Å²) in [6.07, 6.45) is 3.45. The molecule has 1 amide bonds. The first kappa shape index (κ1) is 11.8. The Morgan fingerprint density at radius 1 is 1.37 bits per heavy atom. The lowest BCUT2D eigenvalue weighted by molar-refractivity contribution is -0.123. The Balaban J connectivity index is 1.95. The van der Waals surface area contributed by atoms with Crippen molar-refractivity contribution < 1.29 is 9.90 Å². The van der Waals surface area contributed by atoms with Crippen LogP contribution in [0.2, 0.25) is 0 Å². The molecule has 1 aliphatic rings. The van der Waals surface area contributed by atoms with Crippen LogP contribution >= 0.6 is 0 Å². The van der Waals surface area contributed by atoms with E-state index in [2.05, 4.69) is 15.6 Å². The predicted molar refractivity (Wildman–Crippen MR) is 73.1 cm³/mol. The zero-order valence-electron chi connectivity index (χ0n) is 10.4. The number of aromatic nitrogens is 1. The largest absolute Gasteiger partial charge is 0.508 e. The van der Waals surface area contributed by atoms with Gasteiger partial charge in [0, 0.05) is 18.1 Å². The number of hydrogen-bond acceptors (Lipinski definition) is 4. The van der Waals surface area contributed by atoms with Gasteiger partial charge in [-0.15, -0.1) is 0 Å². The number of benzene rings is 1. The number of hydrogen-bond donors (Lipinski definition) is 3. The van der Waals surface area contributed by atoms with E-state index in [1.165, 1.54) is 0 Å². The Bertz CT molecular complexity index is 627. The van der Waals surface area contributed by atoms with Crippen molar-refractivity contribution in [2.75, 3.05) is 11.9 Å². The number of phenolic OH excluding ortho intramolecular Hbond substituents is 1. The standard InChI is InChI=1S/C14H15N3O2/c18-10-4-3-9-5-7-15-13(11(9)8-10)17-12-2-1-6-16-14(12)19/h3-5,7-8,12,18H,1-2,6H2,(H,15,17)(H,16,19). The summed E-state index contributed by atoms with van der Waals surface area (Å²) >= 11 is 0. The summed E-state index contributed by atoms with van der Waals surface area (Å²) in [6, 6.07) is 6.75. The molecule has 3 N–H and O–H groups in total. The number of rotatable bonds is 2. The molecule has 1 fully saturated rings. The molecule has 3 rings (SSSR count). The maximum atomic E-state index is 11.8. The molecule has 5 heteroatoms. The van der Waals surface area contributed by atoms with Crippen LogP contribution in [0, 0.1) is 0 Å². The average Bonchev–Trinajstić information content (AvgIpc) is 2.42. The van der Waals surface area contributed by atoms with Gasteiger partial charge in [-0.25, -0.2) is 4.98 Å². The summed E-state index contributed by atoms with van der Waals surface area (Å²) in [4.78, 5) is 16.0. The van der Waals surface area contributed by atoms with Crippen LogP contribution in [0.4, 0.5) is 5.82 Å². The molecule has 5 nitrogen and oxygen atoms in total. The second-order valence-corrected chi connectivity index (χ2v) is 4.70. The molecule has 2 aromatic rings. The lowest BCUT2D eigenvalue weighted by atomic mass is 10.1. The van der Waals surface area contributed by atoms with Crippen molar-refractivity contribution >= 4 is 22.5 Å². The van der Waals surface area contributed by atoms with Crippen LogP contribution in [0.3, 0.4) is 0 Å². The minimum Gasteiger partial charge on any atom is -0.508 e. The summed E-state index contributed by atoms with van der Waals surface area (Å²) < 4.78 is 0. The van der Waals surface area contributed by atoms with Crippen molar-refractivity contribution in [2.24, 2.45) is 0 Å². The van der Waals surface area contributed by atoms with Crippen LogP contribution in [-0.2, 0) is 4.79 Å². The average molecular weight is 257 g/mol. The van der Waals surface area contributed by atoms with E-state index in [1.54, 1.807) is 18.3 Å². The Hall–Kier alpha value is -2.30. The van der Waals surface area contributed by atoms with Gasteiger partial charge in [0.25, 0.3) is 0 Å². The lowest BCUT2D eigenvalue weighted by Gasteiger charge is -2.23. The van der Waals surface area contributed by atoms with Crippen molar-refractivity contribution in [3.8, 4) is 5.75 Å². The highest BCUT2D eigenvalue weighted by atomic mass is 16.3. The number of piperidine rings is 1. The van der Waals surface area contributed by atoms with Crippen molar-refractivity contribution in [3.05, 3.63) is 30.5 Å². The van der Waals surface area contributed by atoms with Gasteiger partial charge in [-0.2, -0.15) is 0 Å². The topological polar surface area (TPSA) is 74.2 Å². The number of fused-ring (bicyclic) bond motifs is 1. The van der Waals surface area contributed by atoms with Crippen LogP contribution in [0.5, 0.6) is 5.75 Å². The second kappa shape index (κ2) is 4.76. The molecule has 0 saturated carbocycles. The van der Waals surface area contributed by atoms with Gasteiger partial charge >= 0.3 is 0 Å². The zero-order valence-corrected chi connectivity index (χ0v) is 10.4. The second-order valence-electron chi connectivity index (χ2n) is 4.70. The fraction of sp³-hybridized carbons (Fsp3) is 0.286. The molecule has 1 aromatic heterocycles. The van der Waals surface area contributed by atoms with Gasteiger partial charge in [0.2, 0.25) is 5.91 Å². The van der Waals surface area contributed by atoms with Crippen LogP contribution in [-0.4, -0.2) is 28.6 Å². The van der Waals surface area contributed by atoms with Gasteiger partial charge < -0.3 is 15.7 Å². The number of amides is 1. The molecular formula is C14H15N3O2. The van der Waals surface area contributed by atoms with Crippen LogP contribution in [0.15, 0.2) is 30.5 Å². The van der Waals surface area contributed by atoms with Gasteiger partial charge in [-0.05, 0) is 36.4 Å². The molecule has 1 aromatic carbocycles. The number of nitrogens with one attached hydrogen (secondary N) is 2. The third-order valence-corrected chi connectivity index (χ3v) is 3.35. The van der Waals surface area contributed by atoms with E-state index in [0.29, 0.717) is 5.82 Å². The highest BCUT2D eigenvalue weighted by molar-refractivity contribution is 5.94. The van der Waals surface area contributed by atoms with Gasteiger partial charge in [-0.1, -0.05) is 6.07 Å². The summed E-state index contributed by atoms with van der Waals surface area (Å²) in [7, 11) is 0. The van der Waals surface area contributed by atoms with Gasteiger partial charge in [0.1, 0.15) is 17.6 Å². The Labute approximate surface area is 110 Å². The van der Waals surface area contributed by atoms with Gasteiger partial charge in [0.05, 0.1) is 0 Å². The molecule has 0 aliphatic carbocycles. The maximum absolute atomic E-state index is 11.8. The molecule has 0 bridgehead atoms. The summed E-state index contributed by atoms with van der Waals surface area (Å²) in [6.45, 7) is 0.737. The van der Waals surface area contributed by atoms with Crippen LogP contribution in [0.25, 0.3) is 10.8 Å². The molecule has 1 atom stereocenters. The third-order valence-electron chi connectivity index (χ3n) is 3.35. The van der Waals surface area contributed by atoms with Crippen molar-refractivity contribution in [3.63, 3.8) is 0 Å². The van der Waals surface area contributed by atoms with Gasteiger partial charge in [0.15, 0.2) is 0 Å². The van der Waals surface area contributed by atoms with Gasteiger partial charge in [-0.3, -0.25) is 4.79 Å². The van der Waals surface area contributed by atoms with Crippen LogP contribution in [0.1, 0.15) is 12.8 Å². The molecule has 19 heavy (non-hydrogen) atoms. The summed E-state index contributed by atoms with van der Waals surface area (Å²) in [5, 5.41) is 17.4. The first-order valence-electron chi connectivity index (χ1n) is 6.36. The highest BCUT2D eigenvalue weighted by Crippen LogP contribution is 2.26. The number of phenols is 1. The van der Waals surface area contributed by atoms with E-state index in [4.69, 9.17) is 0 Å². The third kappa shape index (κ3) is 2.31. The number of anilines is 1. The Morgan fingerprint density at radius 3 is 3.11 bits per heavy atom. The summed E-state index contributed by atoms with van der Waals surface area (Å²) in [5.41, 5.74) is 0. The fourth-order valence-electron chi connectivity index (χ4n) is 2.35. The minimum absolute atomic E-state index is 0.00482. The minimum atomic E-state index is -0.255. The van der Waals surface area contributed by atoms with E-state index >= 15 is 0 Å². The number of pyridine rings is 1. The molecule has 1 aliphatic heterocycles. The molecule has 0 spiro atoms. The highest BCUT2D eigenvalue weighted by Gasteiger charge is 2.22. The van der Waals surface area contributed by atoms with E-state index in [0.717, 1.165) is 30.2 Å². The monoisotopic (exact) mass is 257 g/mol. The molecule has 1 saturated heterocycles. The first-order valence-corrected chi connectivity index (χ1v) is 6.36. The fourth-order valence-corrected chi connectivity index (χ4v) is 2.35. The van der Waals surface area contributed by atoms with Crippen molar-refractivity contribution in [1.82, 2.24) is 10.3 Å². The van der Waals surface area contributed by atoms with E-state index in [9.17, 15) is 9.90 Å². The SMILES string of the molecule is O=C1NCCCC1Nc1nccc2ccc(O)cc12. The summed E-state index contributed by atoms with van der Waals surface area (Å²) in [5.74, 6) is 0.831. The predicted octanol–water partition coefficient (Wildman–Crippen LogP) is 1.63. The van der Waals surface area contributed by atoms with E-state index in [1.807, 2.05) is 12.1 Å². The first-order chi connectivity index (χ1) is 9.24. The molecular weight excluding hydrogens is 242 g/mol. The molecule has 2 heterocycles. The maximum Gasteiger partial charge on any atom is 0.242 e. The van der Waals surface area contributed by atoms with Crippen molar-refractivity contribution in [2.45, 2.75) is 18.9 Å². The number of nitrogens with zero attached hydrogens (tertiary/aromatic N) is 1. The zero-order chi connectivity index (χ0) is 13.2. The number of carbonyl (C=O) groups excluding carboxylic acids is 1. The molecule has 98 valence electrons. The Kier molecular flexibility index (Phi) is 2.95. The number of carbonyl (C=O) groups is 1. The normalized spacial score (nSPS) is 19.2. The van der Waals surface area contributed by atoms with Crippen molar-refractivity contribution in [1.29, 1.82) is 0 Å². The quantitative estimate of drug-likeness (QED) is 0.764.